The Balaban J connectivity index is 1.47. The van der Waals surface area contributed by atoms with Crippen molar-refractivity contribution in [1.29, 1.82) is 0 Å². The van der Waals surface area contributed by atoms with Crippen molar-refractivity contribution in [3.8, 4) is 0 Å². The minimum Gasteiger partial charge on any atom is -0.357 e. The van der Waals surface area contributed by atoms with E-state index in [0.29, 0.717) is 11.6 Å². The Bertz CT molecular complexity index is 636. The van der Waals surface area contributed by atoms with Crippen LogP contribution in [-0.4, -0.2) is 40.4 Å². The first-order chi connectivity index (χ1) is 11.7. The second kappa shape index (κ2) is 8.11. The van der Waals surface area contributed by atoms with Gasteiger partial charge < -0.3 is 10.3 Å². The van der Waals surface area contributed by atoms with Crippen molar-refractivity contribution in [3.63, 3.8) is 0 Å². The third-order valence-corrected chi connectivity index (χ3v) is 4.68. The maximum Gasteiger partial charge on any atom is 0.267 e. The summed E-state index contributed by atoms with van der Waals surface area (Å²) >= 11 is 0. The molecule has 128 valence electrons. The van der Waals surface area contributed by atoms with Gasteiger partial charge in [0.15, 0.2) is 0 Å². The van der Waals surface area contributed by atoms with Gasteiger partial charge in [-0.1, -0.05) is 13.0 Å². The van der Waals surface area contributed by atoms with Gasteiger partial charge in [0.1, 0.15) is 5.69 Å². The van der Waals surface area contributed by atoms with Crippen LogP contribution in [0.3, 0.4) is 0 Å². The minimum absolute atomic E-state index is 0.0195. The number of aromatic amines is 1. The Morgan fingerprint density at radius 3 is 3.04 bits per heavy atom. The van der Waals surface area contributed by atoms with E-state index in [2.05, 4.69) is 39.2 Å². The number of carbonyl (C=O) groups excluding carboxylic acids is 1. The topological polar surface area (TPSA) is 61.0 Å². The molecule has 1 aliphatic rings. The van der Waals surface area contributed by atoms with Crippen molar-refractivity contribution < 1.29 is 4.79 Å². The normalized spacial score (nSPS) is 18.5. The van der Waals surface area contributed by atoms with Gasteiger partial charge in [0, 0.05) is 32.0 Å². The van der Waals surface area contributed by atoms with Crippen LogP contribution in [0.15, 0.2) is 36.7 Å². The SMILES string of the molecule is CCc1ccc(CN2CCCC(CNC(=O)c3ccc[nH]3)C2)nc1. The van der Waals surface area contributed by atoms with Crippen LogP contribution in [0.1, 0.15) is 41.5 Å². The quantitative estimate of drug-likeness (QED) is 0.858. The number of nitrogens with one attached hydrogen (secondary N) is 2. The molecule has 0 aliphatic carbocycles. The standard InChI is InChI=1S/C19H26N4O/c1-2-15-7-8-17(21-11-15)14-23-10-4-5-16(13-23)12-22-19(24)18-6-3-9-20-18/h3,6-9,11,16,20H,2,4-5,10,12-14H2,1H3,(H,22,24). The predicted octanol–water partition coefficient (Wildman–Crippen LogP) is 2.61. The lowest BCUT2D eigenvalue weighted by atomic mass is 9.97. The Labute approximate surface area is 143 Å². The average molecular weight is 326 g/mol. The van der Waals surface area contributed by atoms with E-state index in [1.54, 1.807) is 12.3 Å². The number of hydrogen-bond donors (Lipinski definition) is 2. The predicted molar refractivity (Wildman–Crippen MR) is 94.7 cm³/mol. The fourth-order valence-corrected chi connectivity index (χ4v) is 3.25. The highest BCUT2D eigenvalue weighted by molar-refractivity contribution is 5.92. The molecular weight excluding hydrogens is 300 g/mol. The van der Waals surface area contributed by atoms with Crippen LogP contribution in [0.25, 0.3) is 0 Å². The highest BCUT2D eigenvalue weighted by atomic mass is 16.1. The molecule has 1 saturated heterocycles. The van der Waals surface area contributed by atoms with E-state index in [-0.39, 0.29) is 5.91 Å². The zero-order valence-corrected chi connectivity index (χ0v) is 14.3. The summed E-state index contributed by atoms with van der Waals surface area (Å²) < 4.78 is 0. The van der Waals surface area contributed by atoms with Gasteiger partial charge in [-0.25, -0.2) is 0 Å². The Hall–Kier alpha value is -2.14. The highest BCUT2D eigenvalue weighted by Crippen LogP contribution is 2.18. The van der Waals surface area contributed by atoms with Gasteiger partial charge in [0.05, 0.1) is 5.69 Å². The molecule has 0 bridgehead atoms. The summed E-state index contributed by atoms with van der Waals surface area (Å²) in [5, 5.41) is 3.04. The van der Waals surface area contributed by atoms with Crippen LogP contribution in [-0.2, 0) is 13.0 Å². The molecule has 24 heavy (non-hydrogen) atoms. The molecule has 1 unspecified atom stereocenters. The van der Waals surface area contributed by atoms with Crippen LogP contribution in [0.5, 0.6) is 0 Å². The second-order valence-electron chi connectivity index (χ2n) is 6.55. The second-order valence-corrected chi connectivity index (χ2v) is 6.55. The number of hydrogen-bond acceptors (Lipinski definition) is 3. The first kappa shape index (κ1) is 16.7. The van der Waals surface area contributed by atoms with E-state index in [1.165, 1.54) is 18.4 Å². The Kier molecular flexibility index (Phi) is 5.64. The third kappa shape index (κ3) is 4.45. The van der Waals surface area contributed by atoms with Crippen molar-refractivity contribution in [3.05, 3.63) is 53.6 Å². The largest absolute Gasteiger partial charge is 0.357 e. The van der Waals surface area contributed by atoms with E-state index >= 15 is 0 Å². The molecule has 2 N–H and O–H groups in total. The van der Waals surface area contributed by atoms with Gasteiger partial charge in [0.25, 0.3) is 5.91 Å². The molecule has 5 nitrogen and oxygen atoms in total. The fraction of sp³-hybridized carbons (Fsp3) is 0.474. The minimum atomic E-state index is -0.0195. The monoisotopic (exact) mass is 326 g/mol. The summed E-state index contributed by atoms with van der Waals surface area (Å²) in [7, 11) is 0. The van der Waals surface area contributed by atoms with Gasteiger partial charge in [-0.15, -0.1) is 0 Å². The van der Waals surface area contributed by atoms with Gasteiger partial charge in [0.2, 0.25) is 0 Å². The third-order valence-electron chi connectivity index (χ3n) is 4.68. The first-order valence-corrected chi connectivity index (χ1v) is 8.82. The first-order valence-electron chi connectivity index (χ1n) is 8.82. The van der Waals surface area contributed by atoms with E-state index in [4.69, 9.17) is 0 Å². The summed E-state index contributed by atoms with van der Waals surface area (Å²) in [6.07, 6.45) is 7.13. The summed E-state index contributed by atoms with van der Waals surface area (Å²) in [5.74, 6) is 0.488. The Morgan fingerprint density at radius 2 is 2.33 bits per heavy atom. The van der Waals surface area contributed by atoms with E-state index < -0.39 is 0 Å². The summed E-state index contributed by atoms with van der Waals surface area (Å²) in [5.41, 5.74) is 3.04. The van der Waals surface area contributed by atoms with Gasteiger partial charge in [-0.05, 0) is 55.5 Å². The zero-order valence-electron chi connectivity index (χ0n) is 14.3. The van der Waals surface area contributed by atoms with E-state index in [9.17, 15) is 4.79 Å². The van der Waals surface area contributed by atoms with Gasteiger partial charge in [-0.2, -0.15) is 0 Å². The highest BCUT2D eigenvalue weighted by Gasteiger charge is 2.21. The molecule has 1 amide bonds. The number of amides is 1. The van der Waals surface area contributed by atoms with Crippen LogP contribution in [0.4, 0.5) is 0 Å². The molecule has 0 radical (unpaired) electrons. The lowest BCUT2D eigenvalue weighted by molar-refractivity contribution is 0.0926. The molecule has 5 heteroatoms. The average Bonchev–Trinajstić information content (AvgIpc) is 3.15. The molecular formula is C19H26N4O. The molecule has 3 heterocycles. The van der Waals surface area contributed by atoms with Crippen LogP contribution >= 0.6 is 0 Å². The number of H-pyrrole nitrogens is 1. The maximum atomic E-state index is 12.0. The van der Waals surface area contributed by atoms with E-state index in [1.807, 2.05) is 12.3 Å². The number of aryl methyl sites for hydroxylation is 1. The number of pyridine rings is 1. The molecule has 3 rings (SSSR count). The van der Waals surface area contributed by atoms with Crippen molar-refractivity contribution in [2.24, 2.45) is 5.92 Å². The van der Waals surface area contributed by atoms with Crippen LogP contribution in [0.2, 0.25) is 0 Å². The number of piperidine rings is 1. The van der Waals surface area contributed by atoms with Crippen molar-refractivity contribution in [2.45, 2.75) is 32.7 Å². The molecule has 1 fully saturated rings. The molecule has 1 aliphatic heterocycles. The van der Waals surface area contributed by atoms with Crippen molar-refractivity contribution in [1.82, 2.24) is 20.2 Å². The fourth-order valence-electron chi connectivity index (χ4n) is 3.25. The maximum absolute atomic E-state index is 12.0. The number of rotatable bonds is 6. The lowest BCUT2D eigenvalue weighted by Gasteiger charge is -2.32. The number of nitrogens with zero attached hydrogens (tertiary/aromatic N) is 2. The molecule has 0 saturated carbocycles. The molecule has 2 aromatic rings. The number of aromatic nitrogens is 2. The zero-order chi connectivity index (χ0) is 16.8. The molecule has 0 spiro atoms. The van der Waals surface area contributed by atoms with Crippen LogP contribution < -0.4 is 5.32 Å². The summed E-state index contributed by atoms with van der Waals surface area (Å²) in [6.45, 7) is 5.90. The summed E-state index contributed by atoms with van der Waals surface area (Å²) in [4.78, 5) is 22.0. The smallest absolute Gasteiger partial charge is 0.267 e. The van der Waals surface area contributed by atoms with Crippen molar-refractivity contribution in [2.75, 3.05) is 19.6 Å². The van der Waals surface area contributed by atoms with E-state index in [0.717, 1.165) is 38.3 Å². The Morgan fingerprint density at radius 1 is 1.42 bits per heavy atom. The number of carbonyl (C=O) groups is 1. The lowest BCUT2D eigenvalue weighted by Crippen LogP contribution is -2.40. The molecule has 2 aromatic heterocycles. The summed E-state index contributed by atoms with van der Waals surface area (Å²) in [6, 6.07) is 7.94. The molecule has 0 aromatic carbocycles. The van der Waals surface area contributed by atoms with Crippen LogP contribution in [0, 0.1) is 5.92 Å². The number of likely N-dealkylation sites (tertiary alicyclic amines) is 1. The van der Waals surface area contributed by atoms with Crippen molar-refractivity contribution >= 4 is 5.91 Å². The molecule has 1 atom stereocenters. The van der Waals surface area contributed by atoms with Gasteiger partial charge >= 0.3 is 0 Å². The van der Waals surface area contributed by atoms with Gasteiger partial charge in [-0.3, -0.25) is 14.7 Å².